The summed E-state index contributed by atoms with van der Waals surface area (Å²) in [6.45, 7) is 8.08. The zero-order valence-corrected chi connectivity index (χ0v) is 14.3. The van der Waals surface area contributed by atoms with E-state index in [2.05, 4.69) is 20.8 Å². The molecule has 1 aromatic carbocycles. The van der Waals surface area contributed by atoms with E-state index >= 15 is 0 Å². The number of carbonyl (C=O) groups is 1. The van der Waals surface area contributed by atoms with Crippen molar-refractivity contribution in [3.05, 3.63) is 28.8 Å². The molecule has 1 N–H and O–H groups in total. The number of thiocarbonyl (C=S) groups is 1. The van der Waals surface area contributed by atoms with Crippen LogP contribution in [0.5, 0.6) is 5.75 Å². The topological polar surface area (TPSA) is 49.8 Å². The van der Waals surface area contributed by atoms with E-state index in [1.807, 2.05) is 33.2 Å². The molecule has 0 fully saturated rings. The highest BCUT2D eigenvalue weighted by molar-refractivity contribution is 7.80. The fraction of sp³-hybridized carbons (Fsp3) is 0.500. The Morgan fingerprint density at radius 3 is 2.33 bits per heavy atom. The number of aliphatic carboxylic acids is 1. The van der Waals surface area contributed by atoms with Crippen molar-refractivity contribution in [1.29, 1.82) is 0 Å². The summed E-state index contributed by atoms with van der Waals surface area (Å²) in [5, 5.41) is 9.39. The molecule has 0 aliphatic rings. The number of aryl methyl sites for hydroxylation is 1. The van der Waals surface area contributed by atoms with Crippen LogP contribution in [0.3, 0.4) is 0 Å². The fourth-order valence-corrected chi connectivity index (χ4v) is 2.03. The van der Waals surface area contributed by atoms with E-state index in [1.54, 1.807) is 4.90 Å². The van der Waals surface area contributed by atoms with Crippen molar-refractivity contribution >= 4 is 23.4 Å². The Labute approximate surface area is 131 Å². The number of carboxylic acid groups (broad SMARTS) is 1. The minimum absolute atomic E-state index is 0.00726. The zero-order valence-electron chi connectivity index (χ0n) is 13.5. The molecule has 0 amide bonds. The molecule has 0 radical (unpaired) electrons. The molecule has 0 spiro atoms. The van der Waals surface area contributed by atoms with E-state index in [9.17, 15) is 4.79 Å². The highest BCUT2D eigenvalue weighted by Gasteiger charge is 2.22. The SMILES string of the molecule is Cc1cc(OC(=S)N(C)C)c(C(C)(C)C)cc1CC(=O)O. The van der Waals surface area contributed by atoms with Gasteiger partial charge in [-0.1, -0.05) is 26.8 Å². The molecule has 0 saturated carbocycles. The van der Waals surface area contributed by atoms with Gasteiger partial charge in [0.1, 0.15) is 5.75 Å². The van der Waals surface area contributed by atoms with Crippen molar-refractivity contribution in [3.63, 3.8) is 0 Å². The van der Waals surface area contributed by atoms with Crippen molar-refractivity contribution in [3.8, 4) is 5.75 Å². The number of rotatable bonds is 3. The highest BCUT2D eigenvalue weighted by Crippen LogP contribution is 2.34. The maximum atomic E-state index is 11.0. The van der Waals surface area contributed by atoms with E-state index in [4.69, 9.17) is 22.1 Å². The summed E-state index contributed by atoms with van der Waals surface area (Å²) in [7, 11) is 3.65. The normalized spacial score (nSPS) is 11.1. The summed E-state index contributed by atoms with van der Waals surface area (Å²) in [6, 6.07) is 3.78. The van der Waals surface area contributed by atoms with Gasteiger partial charge in [0.15, 0.2) is 0 Å². The van der Waals surface area contributed by atoms with Gasteiger partial charge in [-0.15, -0.1) is 0 Å². The lowest BCUT2D eigenvalue weighted by atomic mass is 9.84. The van der Waals surface area contributed by atoms with Gasteiger partial charge >= 0.3 is 5.97 Å². The maximum Gasteiger partial charge on any atom is 0.307 e. The van der Waals surface area contributed by atoms with Crippen LogP contribution in [-0.4, -0.2) is 35.2 Å². The Hall–Kier alpha value is -1.62. The predicted molar refractivity (Wildman–Crippen MR) is 88.1 cm³/mol. The van der Waals surface area contributed by atoms with Crippen molar-refractivity contribution < 1.29 is 14.6 Å². The van der Waals surface area contributed by atoms with Crippen LogP contribution < -0.4 is 4.74 Å². The van der Waals surface area contributed by atoms with Crippen molar-refractivity contribution in [2.75, 3.05) is 14.1 Å². The summed E-state index contributed by atoms with van der Waals surface area (Å²) in [5.41, 5.74) is 2.48. The van der Waals surface area contributed by atoms with Crippen LogP contribution >= 0.6 is 12.2 Å². The van der Waals surface area contributed by atoms with Gasteiger partial charge in [-0.3, -0.25) is 4.79 Å². The lowest BCUT2D eigenvalue weighted by Crippen LogP contribution is -2.26. The minimum Gasteiger partial charge on any atom is -0.481 e. The molecule has 0 aromatic heterocycles. The second-order valence-corrected chi connectivity index (χ2v) is 6.71. The molecule has 4 nitrogen and oxygen atoms in total. The number of hydrogen-bond donors (Lipinski definition) is 1. The van der Waals surface area contributed by atoms with Gasteiger partial charge in [0, 0.05) is 19.7 Å². The Bertz CT molecular complexity index is 559. The first-order chi connectivity index (χ1) is 9.52. The summed E-state index contributed by atoms with van der Waals surface area (Å²) < 4.78 is 5.78. The Kier molecular flexibility index (Phi) is 5.34. The second kappa shape index (κ2) is 6.43. The lowest BCUT2D eigenvalue weighted by Gasteiger charge is -2.25. The van der Waals surface area contributed by atoms with Gasteiger partial charge in [0.25, 0.3) is 5.17 Å². The summed E-state index contributed by atoms with van der Waals surface area (Å²) >= 11 is 5.20. The molecular weight excluding hydrogens is 286 g/mol. The number of benzene rings is 1. The largest absolute Gasteiger partial charge is 0.481 e. The average molecular weight is 309 g/mol. The number of carboxylic acids is 1. The highest BCUT2D eigenvalue weighted by atomic mass is 32.1. The molecule has 116 valence electrons. The van der Waals surface area contributed by atoms with Gasteiger partial charge in [-0.2, -0.15) is 0 Å². The van der Waals surface area contributed by atoms with Crippen LogP contribution in [-0.2, 0) is 16.6 Å². The van der Waals surface area contributed by atoms with Crippen LogP contribution in [0.15, 0.2) is 12.1 Å². The third kappa shape index (κ3) is 4.70. The molecule has 1 aromatic rings. The molecule has 0 heterocycles. The molecular formula is C16H23NO3S. The van der Waals surface area contributed by atoms with E-state index < -0.39 is 5.97 Å². The average Bonchev–Trinajstić information content (AvgIpc) is 2.30. The molecule has 5 heteroatoms. The second-order valence-electron chi connectivity index (χ2n) is 6.36. The van der Waals surface area contributed by atoms with Crippen LogP contribution in [0.1, 0.15) is 37.5 Å². The monoisotopic (exact) mass is 309 g/mol. The third-order valence-corrected chi connectivity index (χ3v) is 3.60. The molecule has 21 heavy (non-hydrogen) atoms. The fourth-order valence-electron chi connectivity index (χ4n) is 1.94. The van der Waals surface area contributed by atoms with Gasteiger partial charge in [-0.05, 0) is 41.7 Å². The quantitative estimate of drug-likeness (QED) is 0.869. The van der Waals surface area contributed by atoms with E-state index in [-0.39, 0.29) is 11.8 Å². The number of nitrogens with zero attached hydrogens (tertiary/aromatic N) is 1. The summed E-state index contributed by atoms with van der Waals surface area (Å²) in [6.07, 6.45) is 0.00726. The van der Waals surface area contributed by atoms with Gasteiger partial charge in [-0.25, -0.2) is 0 Å². The van der Waals surface area contributed by atoms with Gasteiger partial charge < -0.3 is 14.7 Å². The number of ether oxygens (including phenoxy) is 1. The molecule has 0 bridgehead atoms. The molecule has 0 aliphatic carbocycles. The maximum absolute atomic E-state index is 11.0. The molecule has 0 saturated heterocycles. The molecule has 0 atom stereocenters. The van der Waals surface area contributed by atoms with E-state index in [0.717, 1.165) is 16.7 Å². The van der Waals surface area contributed by atoms with Crippen molar-refractivity contribution in [1.82, 2.24) is 4.90 Å². The van der Waals surface area contributed by atoms with Crippen LogP contribution in [0.2, 0.25) is 0 Å². The number of hydrogen-bond acceptors (Lipinski definition) is 3. The molecule has 0 unspecified atom stereocenters. The van der Waals surface area contributed by atoms with Crippen LogP contribution in [0.4, 0.5) is 0 Å². The lowest BCUT2D eigenvalue weighted by molar-refractivity contribution is -0.136. The first-order valence-corrected chi connectivity index (χ1v) is 7.18. The predicted octanol–water partition coefficient (Wildman–Crippen LogP) is 3.14. The summed E-state index contributed by atoms with van der Waals surface area (Å²) in [4.78, 5) is 12.7. The smallest absolute Gasteiger partial charge is 0.307 e. The van der Waals surface area contributed by atoms with Crippen LogP contribution in [0, 0.1) is 6.92 Å². The molecule has 1 rings (SSSR count). The summed E-state index contributed by atoms with van der Waals surface area (Å²) in [5.74, 6) is -0.150. The first-order valence-electron chi connectivity index (χ1n) is 6.77. The Morgan fingerprint density at radius 1 is 1.33 bits per heavy atom. The van der Waals surface area contributed by atoms with Crippen LogP contribution in [0.25, 0.3) is 0 Å². The molecule has 0 aliphatic heterocycles. The van der Waals surface area contributed by atoms with E-state index in [0.29, 0.717) is 10.9 Å². The van der Waals surface area contributed by atoms with Crippen molar-refractivity contribution in [2.45, 2.75) is 39.5 Å². The first kappa shape index (κ1) is 17.4. The van der Waals surface area contributed by atoms with Gasteiger partial charge in [0.2, 0.25) is 0 Å². The third-order valence-electron chi connectivity index (χ3n) is 3.15. The Balaban J connectivity index is 3.33. The minimum atomic E-state index is -0.838. The zero-order chi connectivity index (χ0) is 16.4. The standard InChI is InChI=1S/C16H23NO3S/c1-10-7-13(20-15(21)17(5)6)12(16(2,3)4)8-11(10)9-14(18)19/h7-8H,9H2,1-6H3,(H,18,19). The van der Waals surface area contributed by atoms with Gasteiger partial charge in [0.05, 0.1) is 6.42 Å². The van der Waals surface area contributed by atoms with E-state index in [1.165, 1.54) is 0 Å². The van der Waals surface area contributed by atoms with Crippen molar-refractivity contribution in [2.24, 2.45) is 0 Å². The Morgan fingerprint density at radius 2 is 1.90 bits per heavy atom.